The standard InChI is InChI=1S/C15H23N3O/c1-15(2)7-12(16)11-5-6-18(13(11)8-15)10-3-4-14(19)17-9-10/h5-6,10,12H,3-4,7-9,16H2,1-2H3,(H,17,19). The maximum absolute atomic E-state index is 11.3. The molecular weight excluding hydrogens is 238 g/mol. The number of aromatic nitrogens is 1. The van der Waals surface area contributed by atoms with Gasteiger partial charge in [0.1, 0.15) is 0 Å². The molecule has 3 rings (SSSR count). The maximum atomic E-state index is 11.3. The normalized spacial score (nSPS) is 29.7. The van der Waals surface area contributed by atoms with Crippen LogP contribution in [0.1, 0.15) is 56.5 Å². The molecule has 0 saturated carbocycles. The van der Waals surface area contributed by atoms with Gasteiger partial charge in [0, 0.05) is 30.9 Å². The van der Waals surface area contributed by atoms with E-state index in [1.165, 1.54) is 11.3 Å². The molecule has 1 aliphatic carbocycles. The Hall–Kier alpha value is -1.29. The fourth-order valence-electron chi connectivity index (χ4n) is 3.56. The molecule has 2 atom stereocenters. The topological polar surface area (TPSA) is 60.0 Å². The number of amides is 1. The van der Waals surface area contributed by atoms with Gasteiger partial charge in [0.2, 0.25) is 5.91 Å². The number of nitrogens with two attached hydrogens (primary N) is 1. The molecule has 0 aromatic carbocycles. The first-order valence-electron chi connectivity index (χ1n) is 7.18. The van der Waals surface area contributed by atoms with Crippen LogP contribution in [0.4, 0.5) is 0 Å². The molecule has 1 aliphatic heterocycles. The smallest absolute Gasteiger partial charge is 0.220 e. The van der Waals surface area contributed by atoms with E-state index < -0.39 is 0 Å². The zero-order valence-corrected chi connectivity index (χ0v) is 11.8. The lowest BCUT2D eigenvalue weighted by Crippen LogP contribution is -2.37. The number of fused-ring (bicyclic) bond motifs is 1. The molecule has 0 radical (unpaired) electrons. The Bertz CT molecular complexity index is 493. The Morgan fingerprint density at radius 2 is 2.26 bits per heavy atom. The molecule has 2 unspecified atom stereocenters. The van der Waals surface area contributed by atoms with Crippen molar-refractivity contribution in [1.82, 2.24) is 9.88 Å². The van der Waals surface area contributed by atoms with Gasteiger partial charge in [-0.3, -0.25) is 4.79 Å². The van der Waals surface area contributed by atoms with Crippen LogP contribution >= 0.6 is 0 Å². The highest BCUT2D eigenvalue weighted by atomic mass is 16.1. The van der Waals surface area contributed by atoms with Crippen LogP contribution in [0.25, 0.3) is 0 Å². The largest absolute Gasteiger partial charge is 0.354 e. The lowest BCUT2D eigenvalue weighted by atomic mass is 9.74. The summed E-state index contributed by atoms with van der Waals surface area (Å²) in [4.78, 5) is 11.3. The van der Waals surface area contributed by atoms with Gasteiger partial charge in [-0.15, -0.1) is 0 Å². The van der Waals surface area contributed by atoms with Crippen molar-refractivity contribution in [2.75, 3.05) is 6.54 Å². The summed E-state index contributed by atoms with van der Waals surface area (Å²) in [5.41, 5.74) is 9.25. The number of carbonyl (C=O) groups excluding carboxylic acids is 1. The number of hydrogen-bond acceptors (Lipinski definition) is 2. The SMILES string of the molecule is CC1(C)Cc2c(ccn2C2CCC(=O)NC2)C(N)C1. The van der Waals surface area contributed by atoms with Crippen LogP contribution in [0.3, 0.4) is 0 Å². The third-order valence-corrected chi connectivity index (χ3v) is 4.51. The van der Waals surface area contributed by atoms with Crippen LogP contribution in [0.15, 0.2) is 12.3 Å². The van der Waals surface area contributed by atoms with E-state index in [9.17, 15) is 4.79 Å². The predicted octanol–water partition coefficient (Wildman–Crippen LogP) is 1.91. The molecule has 2 heterocycles. The number of carbonyl (C=O) groups is 1. The van der Waals surface area contributed by atoms with Gasteiger partial charge < -0.3 is 15.6 Å². The van der Waals surface area contributed by atoms with Gasteiger partial charge in [0.25, 0.3) is 0 Å². The van der Waals surface area contributed by atoms with E-state index in [1.54, 1.807) is 0 Å². The number of nitrogens with one attached hydrogen (secondary N) is 1. The lowest BCUT2D eigenvalue weighted by Gasteiger charge is -2.36. The summed E-state index contributed by atoms with van der Waals surface area (Å²) >= 11 is 0. The predicted molar refractivity (Wildman–Crippen MR) is 74.7 cm³/mol. The molecule has 0 bridgehead atoms. The summed E-state index contributed by atoms with van der Waals surface area (Å²) in [5, 5.41) is 2.97. The van der Waals surface area contributed by atoms with Crippen LogP contribution in [-0.4, -0.2) is 17.0 Å². The summed E-state index contributed by atoms with van der Waals surface area (Å²) in [6.45, 7) is 5.32. The van der Waals surface area contributed by atoms with E-state index in [0.29, 0.717) is 12.5 Å². The highest BCUT2D eigenvalue weighted by Crippen LogP contribution is 2.41. The number of rotatable bonds is 1. The lowest BCUT2D eigenvalue weighted by molar-refractivity contribution is -0.122. The van der Waals surface area contributed by atoms with Gasteiger partial charge in [-0.2, -0.15) is 0 Å². The van der Waals surface area contributed by atoms with E-state index in [4.69, 9.17) is 5.73 Å². The van der Waals surface area contributed by atoms with Crippen LogP contribution < -0.4 is 11.1 Å². The Morgan fingerprint density at radius 1 is 1.47 bits per heavy atom. The molecule has 2 aliphatic rings. The van der Waals surface area contributed by atoms with E-state index in [0.717, 1.165) is 25.8 Å². The molecule has 1 saturated heterocycles. The molecular formula is C15H23N3O. The van der Waals surface area contributed by atoms with Gasteiger partial charge in [-0.25, -0.2) is 0 Å². The number of piperidine rings is 1. The monoisotopic (exact) mass is 261 g/mol. The Morgan fingerprint density at radius 3 is 2.95 bits per heavy atom. The number of hydrogen-bond donors (Lipinski definition) is 2. The summed E-state index contributed by atoms with van der Waals surface area (Å²) in [6, 6.07) is 2.71. The summed E-state index contributed by atoms with van der Waals surface area (Å²) in [5.74, 6) is 0.175. The first-order chi connectivity index (χ1) is 8.96. The first kappa shape index (κ1) is 12.7. The molecule has 1 aromatic rings. The molecule has 19 heavy (non-hydrogen) atoms. The summed E-state index contributed by atoms with van der Waals surface area (Å²) < 4.78 is 2.36. The average molecular weight is 261 g/mol. The van der Waals surface area contributed by atoms with E-state index in [-0.39, 0.29) is 17.4 Å². The molecule has 3 N–H and O–H groups in total. The Kier molecular flexibility index (Phi) is 2.93. The third-order valence-electron chi connectivity index (χ3n) is 4.51. The van der Waals surface area contributed by atoms with Crippen molar-refractivity contribution in [1.29, 1.82) is 0 Å². The first-order valence-corrected chi connectivity index (χ1v) is 7.18. The second-order valence-corrected chi connectivity index (χ2v) is 6.77. The summed E-state index contributed by atoms with van der Waals surface area (Å²) in [6.07, 6.45) is 5.85. The molecule has 4 heteroatoms. The zero-order valence-electron chi connectivity index (χ0n) is 11.8. The highest BCUT2D eigenvalue weighted by molar-refractivity contribution is 5.76. The fraction of sp³-hybridized carbons (Fsp3) is 0.667. The van der Waals surface area contributed by atoms with E-state index in [2.05, 4.69) is 36.0 Å². The Labute approximate surface area is 114 Å². The van der Waals surface area contributed by atoms with Gasteiger partial charge in [0.05, 0.1) is 6.04 Å². The van der Waals surface area contributed by atoms with E-state index in [1.807, 2.05) is 0 Å². The molecule has 104 valence electrons. The van der Waals surface area contributed by atoms with Gasteiger partial charge >= 0.3 is 0 Å². The van der Waals surface area contributed by atoms with Crippen LogP contribution in [0.5, 0.6) is 0 Å². The average Bonchev–Trinajstić information content (AvgIpc) is 2.72. The van der Waals surface area contributed by atoms with Crippen LogP contribution in [0.2, 0.25) is 0 Å². The van der Waals surface area contributed by atoms with Crippen molar-refractivity contribution in [2.24, 2.45) is 11.1 Å². The van der Waals surface area contributed by atoms with Crippen molar-refractivity contribution in [3.05, 3.63) is 23.5 Å². The van der Waals surface area contributed by atoms with Crippen molar-refractivity contribution in [3.8, 4) is 0 Å². The van der Waals surface area contributed by atoms with Gasteiger partial charge in [-0.1, -0.05) is 13.8 Å². The van der Waals surface area contributed by atoms with Gasteiger partial charge in [0.15, 0.2) is 0 Å². The second kappa shape index (κ2) is 4.37. The summed E-state index contributed by atoms with van der Waals surface area (Å²) in [7, 11) is 0. The molecule has 1 aromatic heterocycles. The quantitative estimate of drug-likeness (QED) is 0.811. The highest BCUT2D eigenvalue weighted by Gasteiger charge is 2.34. The molecule has 1 fully saturated rings. The maximum Gasteiger partial charge on any atom is 0.220 e. The minimum atomic E-state index is 0.151. The fourth-order valence-corrected chi connectivity index (χ4v) is 3.56. The van der Waals surface area contributed by atoms with Crippen molar-refractivity contribution in [2.45, 2.75) is 51.6 Å². The molecule has 1 amide bonds. The van der Waals surface area contributed by atoms with Crippen LogP contribution in [-0.2, 0) is 11.2 Å². The van der Waals surface area contributed by atoms with Crippen LogP contribution in [0, 0.1) is 5.41 Å². The minimum absolute atomic E-state index is 0.151. The molecule has 0 spiro atoms. The number of nitrogens with zero attached hydrogens (tertiary/aromatic N) is 1. The van der Waals surface area contributed by atoms with Crippen molar-refractivity contribution in [3.63, 3.8) is 0 Å². The molecule has 4 nitrogen and oxygen atoms in total. The Balaban J connectivity index is 1.90. The van der Waals surface area contributed by atoms with Crippen molar-refractivity contribution >= 4 is 5.91 Å². The van der Waals surface area contributed by atoms with Gasteiger partial charge in [-0.05, 0) is 36.3 Å². The van der Waals surface area contributed by atoms with Crippen molar-refractivity contribution < 1.29 is 4.79 Å². The second-order valence-electron chi connectivity index (χ2n) is 6.77. The van der Waals surface area contributed by atoms with E-state index >= 15 is 0 Å². The minimum Gasteiger partial charge on any atom is -0.354 e. The zero-order chi connectivity index (χ0) is 13.6. The third kappa shape index (κ3) is 2.29.